The molecule has 1 amide bonds. The number of amides is 1. The first-order valence-electron chi connectivity index (χ1n) is 10.9. The molecule has 0 atom stereocenters. The molecule has 0 bridgehead atoms. The maximum atomic E-state index is 13.1. The zero-order valence-electron chi connectivity index (χ0n) is 19.1. The second kappa shape index (κ2) is 8.57. The normalized spacial score (nSPS) is 12.9. The summed E-state index contributed by atoms with van der Waals surface area (Å²) >= 11 is 1.20. The Balaban J connectivity index is 1.59. The van der Waals surface area contributed by atoms with Crippen LogP contribution in [0.25, 0.3) is 22.4 Å². The molecular formula is C25H23N5O3S. The van der Waals surface area contributed by atoms with Crippen LogP contribution in [0.4, 0.5) is 5.69 Å². The molecule has 1 aliphatic rings. The Hall–Kier alpha value is -3.72. The molecule has 0 fully saturated rings. The minimum atomic E-state index is -0.476. The molecule has 0 unspecified atom stereocenters. The highest BCUT2D eigenvalue weighted by Crippen LogP contribution is 2.31. The first kappa shape index (κ1) is 22.1. The van der Waals surface area contributed by atoms with Gasteiger partial charge in [0.15, 0.2) is 11.5 Å². The Morgan fingerprint density at radius 1 is 1.00 bits per heavy atom. The maximum absolute atomic E-state index is 13.1. The lowest BCUT2D eigenvalue weighted by molar-refractivity contribution is -0.116. The fraction of sp³-hybridized carbons (Fsp3) is 0.240. The van der Waals surface area contributed by atoms with Crippen LogP contribution in [0, 0.1) is 6.92 Å². The summed E-state index contributed by atoms with van der Waals surface area (Å²) in [5.41, 5.74) is 3.17. The van der Waals surface area contributed by atoms with Crippen LogP contribution in [0.15, 0.2) is 63.1 Å². The maximum Gasteiger partial charge on any atom is 0.332 e. The molecule has 0 spiro atoms. The first-order valence-corrected chi connectivity index (χ1v) is 11.9. The Morgan fingerprint density at radius 2 is 1.74 bits per heavy atom. The van der Waals surface area contributed by atoms with Crippen LogP contribution in [-0.2, 0) is 25.3 Å². The zero-order valence-corrected chi connectivity index (χ0v) is 19.9. The van der Waals surface area contributed by atoms with Crippen LogP contribution >= 0.6 is 11.8 Å². The summed E-state index contributed by atoms with van der Waals surface area (Å²) in [6.07, 6.45) is 0.823. The summed E-state index contributed by atoms with van der Waals surface area (Å²) in [5.74, 6) is 0.468. The van der Waals surface area contributed by atoms with Crippen LogP contribution in [0.1, 0.15) is 11.1 Å². The lowest BCUT2D eigenvalue weighted by Gasteiger charge is -2.17. The molecule has 8 nitrogen and oxygen atoms in total. The molecule has 0 saturated heterocycles. The van der Waals surface area contributed by atoms with Gasteiger partial charge in [-0.25, -0.2) is 14.8 Å². The van der Waals surface area contributed by atoms with E-state index in [2.05, 4.69) is 4.98 Å². The molecular weight excluding hydrogens is 450 g/mol. The predicted octanol–water partition coefficient (Wildman–Crippen LogP) is 2.68. The summed E-state index contributed by atoms with van der Waals surface area (Å²) < 4.78 is 2.39. The molecule has 2 aromatic heterocycles. The van der Waals surface area contributed by atoms with Crippen molar-refractivity contribution >= 4 is 34.4 Å². The molecule has 4 aromatic rings. The van der Waals surface area contributed by atoms with Crippen LogP contribution in [0.2, 0.25) is 0 Å². The van der Waals surface area contributed by atoms with Crippen molar-refractivity contribution in [3.05, 3.63) is 80.5 Å². The number of fused-ring (bicyclic) bond motifs is 2. The van der Waals surface area contributed by atoms with Gasteiger partial charge in [-0.15, -0.1) is 0 Å². The topological polar surface area (TPSA) is 90.1 Å². The average Bonchev–Trinajstić information content (AvgIpc) is 3.29. The fourth-order valence-electron chi connectivity index (χ4n) is 4.28. The molecule has 9 heteroatoms. The van der Waals surface area contributed by atoms with Gasteiger partial charge in [-0.1, -0.05) is 54.2 Å². The Bertz CT molecular complexity index is 1570. The van der Waals surface area contributed by atoms with E-state index in [1.54, 1.807) is 11.9 Å². The van der Waals surface area contributed by atoms with Crippen LogP contribution < -0.4 is 16.1 Å². The van der Waals surface area contributed by atoms with Gasteiger partial charge in [0.05, 0.1) is 5.75 Å². The van der Waals surface area contributed by atoms with Gasteiger partial charge in [-0.05, 0) is 30.5 Å². The van der Waals surface area contributed by atoms with E-state index < -0.39 is 11.2 Å². The standard InChI is InChI=1S/C25H23N5O3S/c1-15-8-4-6-10-17(15)21-26-22-20(24(32)29(3)25(33)28(22)2)23(27-21)34-14-19(31)30-13-12-16-9-5-7-11-18(16)30/h4-11H,12-14H2,1-3H3. The SMILES string of the molecule is Cc1ccccc1-c1nc(SCC(=O)N2CCc3ccccc32)c2c(=O)n(C)c(=O)n(C)c2n1. The van der Waals surface area contributed by atoms with Gasteiger partial charge in [0.2, 0.25) is 5.91 Å². The van der Waals surface area contributed by atoms with Gasteiger partial charge in [-0.2, -0.15) is 0 Å². The summed E-state index contributed by atoms with van der Waals surface area (Å²) in [7, 11) is 3.01. The number of anilines is 1. The smallest absolute Gasteiger partial charge is 0.311 e. The Morgan fingerprint density at radius 3 is 2.53 bits per heavy atom. The summed E-state index contributed by atoms with van der Waals surface area (Å²) in [6, 6.07) is 15.5. The number of thioether (sulfide) groups is 1. The van der Waals surface area contributed by atoms with E-state index in [4.69, 9.17) is 4.98 Å². The van der Waals surface area contributed by atoms with Gasteiger partial charge in [0, 0.05) is 31.9 Å². The highest BCUT2D eigenvalue weighted by molar-refractivity contribution is 8.00. The number of nitrogens with zero attached hydrogens (tertiary/aromatic N) is 5. The van der Waals surface area contributed by atoms with Crippen molar-refractivity contribution in [2.45, 2.75) is 18.4 Å². The Labute approximate surface area is 199 Å². The Kier molecular flexibility index (Phi) is 5.57. The number of carbonyl (C=O) groups excluding carboxylic acids is 1. The van der Waals surface area contributed by atoms with Crippen molar-refractivity contribution in [1.82, 2.24) is 19.1 Å². The highest BCUT2D eigenvalue weighted by atomic mass is 32.2. The fourth-order valence-corrected chi connectivity index (χ4v) is 5.17. The third kappa shape index (κ3) is 3.62. The number of aryl methyl sites for hydroxylation is 2. The van der Waals surface area contributed by atoms with Crippen LogP contribution in [0.3, 0.4) is 0 Å². The monoisotopic (exact) mass is 473 g/mol. The zero-order chi connectivity index (χ0) is 24.0. The second-order valence-electron chi connectivity index (χ2n) is 8.28. The summed E-state index contributed by atoms with van der Waals surface area (Å²) in [4.78, 5) is 49.8. The number of rotatable bonds is 4. The molecule has 0 aliphatic carbocycles. The van der Waals surface area contributed by atoms with Crippen molar-refractivity contribution in [3.8, 4) is 11.4 Å². The van der Waals surface area contributed by atoms with Crippen LogP contribution in [0.5, 0.6) is 0 Å². The molecule has 0 radical (unpaired) electrons. The highest BCUT2D eigenvalue weighted by Gasteiger charge is 2.25. The first-order chi connectivity index (χ1) is 16.4. The molecule has 34 heavy (non-hydrogen) atoms. The van der Waals surface area contributed by atoms with E-state index in [-0.39, 0.29) is 22.7 Å². The molecule has 1 aliphatic heterocycles. The molecule has 0 N–H and O–H groups in total. The molecule has 172 valence electrons. The summed E-state index contributed by atoms with van der Waals surface area (Å²) in [6.45, 7) is 2.58. The summed E-state index contributed by atoms with van der Waals surface area (Å²) in [5, 5.41) is 0.627. The van der Waals surface area contributed by atoms with E-state index in [0.29, 0.717) is 17.4 Å². The van der Waals surface area contributed by atoms with E-state index in [1.165, 1.54) is 23.4 Å². The third-order valence-electron chi connectivity index (χ3n) is 6.17. The van der Waals surface area contributed by atoms with Crippen molar-refractivity contribution in [2.75, 3.05) is 17.2 Å². The third-order valence-corrected chi connectivity index (χ3v) is 7.13. The number of benzene rings is 2. The quantitative estimate of drug-likeness (QED) is 0.334. The van der Waals surface area contributed by atoms with E-state index in [1.807, 2.05) is 55.5 Å². The van der Waals surface area contributed by atoms with E-state index >= 15 is 0 Å². The van der Waals surface area contributed by atoms with E-state index in [9.17, 15) is 14.4 Å². The lowest BCUT2D eigenvalue weighted by atomic mass is 10.1. The number of hydrogen-bond acceptors (Lipinski definition) is 6. The molecule has 2 aromatic carbocycles. The molecule has 0 saturated carbocycles. The number of aromatic nitrogens is 4. The lowest BCUT2D eigenvalue weighted by Crippen LogP contribution is -2.37. The average molecular weight is 474 g/mol. The number of carbonyl (C=O) groups is 1. The van der Waals surface area contributed by atoms with E-state index in [0.717, 1.165) is 33.4 Å². The van der Waals surface area contributed by atoms with Gasteiger partial charge < -0.3 is 4.90 Å². The van der Waals surface area contributed by atoms with Crippen LogP contribution in [-0.4, -0.2) is 37.3 Å². The van der Waals surface area contributed by atoms with Crippen molar-refractivity contribution in [3.63, 3.8) is 0 Å². The minimum Gasteiger partial charge on any atom is -0.311 e. The van der Waals surface area contributed by atoms with Gasteiger partial charge in [-0.3, -0.25) is 18.7 Å². The minimum absolute atomic E-state index is 0.0548. The largest absolute Gasteiger partial charge is 0.332 e. The van der Waals surface area contributed by atoms with Crippen molar-refractivity contribution < 1.29 is 4.79 Å². The number of hydrogen-bond donors (Lipinski definition) is 0. The molecule has 3 heterocycles. The van der Waals surface area contributed by atoms with Gasteiger partial charge in [0.25, 0.3) is 5.56 Å². The van der Waals surface area contributed by atoms with Crippen molar-refractivity contribution in [2.24, 2.45) is 14.1 Å². The predicted molar refractivity (Wildman–Crippen MR) is 133 cm³/mol. The second-order valence-corrected chi connectivity index (χ2v) is 9.25. The number of para-hydroxylation sites is 1. The van der Waals surface area contributed by atoms with Gasteiger partial charge >= 0.3 is 5.69 Å². The van der Waals surface area contributed by atoms with Gasteiger partial charge in [0.1, 0.15) is 10.4 Å². The van der Waals surface area contributed by atoms with Crippen molar-refractivity contribution in [1.29, 1.82) is 0 Å². The molecule has 5 rings (SSSR count).